The first-order valence-electron chi connectivity index (χ1n) is 7.57. The number of hydrogen-bond acceptors (Lipinski definition) is 3. The van der Waals surface area contributed by atoms with Gasteiger partial charge in [0.1, 0.15) is 0 Å². The molecule has 4 nitrogen and oxygen atoms in total. The zero-order valence-corrected chi connectivity index (χ0v) is 12.9. The second-order valence-electron chi connectivity index (χ2n) is 6.25. The van der Waals surface area contributed by atoms with Gasteiger partial charge in [-0.25, -0.2) is 0 Å². The van der Waals surface area contributed by atoms with Crippen molar-refractivity contribution in [2.75, 3.05) is 18.0 Å². The highest BCUT2D eigenvalue weighted by Crippen LogP contribution is 2.23. The molecule has 2 atom stereocenters. The lowest BCUT2D eigenvalue weighted by Crippen LogP contribution is -2.58. The van der Waals surface area contributed by atoms with Crippen LogP contribution < -0.4 is 10.2 Å². The fourth-order valence-corrected chi connectivity index (χ4v) is 2.71. The number of nitrogens with one attached hydrogen (secondary N) is 1. The first-order chi connectivity index (χ1) is 9.02. The van der Waals surface area contributed by atoms with Crippen LogP contribution in [-0.4, -0.2) is 35.0 Å². The lowest BCUT2D eigenvalue weighted by Gasteiger charge is -2.42. The van der Waals surface area contributed by atoms with E-state index in [2.05, 4.69) is 60.8 Å². The van der Waals surface area contributed by atoms with Crippen molar-refractivity contribution in [2.24, 2.45) is 5.92 Å². The van der Waals surface area contributed by atoms with Crippen molar-refractivity contribution in [1.82, 2.24) is 15.1 Å². The highest BCUT2D eigenvalue weighted by Gasteiger charge is 2.29. The van der Waals surface area contributed by atoms with E-state index < -0.39 is 0 Å². The van der Waals surface area contributed by atoms with E-state index in [-0.39, 0.29) is 0 Å². The molecule has 2 rings (SSSR count). The maximum absolute atomic E-state index is 4.48. The fourth-order valence-electron chi connectivity index (χ4n) is 2.71. The summed E-state index contributed by atoms with van der Waals surface area (Å²) in [6, 6.07) is 1.59. The van der Waals surface area contributed by atoms with Gasteiger partial charge in [0.05, 0.1) is 11.9 Å². The Morgan fingerprint density at radius 3 is 2.63 bits per heavy atom. The van der Waals surface area contributed by atoms with Crippen LogP contribution >= 0.6 is 0 Å². The molecule has 1 N–H and O–H groups in total. The third-order valence-electron chi connectivity index (χ3n) is 4.17. The van der Waals surface area contributed by atoms with Gasteiger partial charge in [0.25, 0.3) is 0 Å². The highest BCUT2D eigenvalue weighted by atomic mass is 15.3. The van der Waals surface area contributed by atoms with Gasteiger partial charge in [-0.3, -0.25) is 4.68 Å². The average molecular weight is 264 g/mol. The summed E-state index contributed by atoms with van der Waals surface area (Å²) < 4.78 is 2.05. The smallest absolute Gasteiger partial charge is 0.0756 e. The quantitative estimate of drug-likeness (QED) is 0.907. The molecule has 0 saturated carbocycles. The van der Waals surface area contributed by atoms with Gasteiger partial charge >= 0.3 is 0 Å². The molecule has 0 bridgehead atoms. The van der Waals surface area contributed by atoms with Crippen LogP contribution in [0.2, 0.25) is 0 Å². The average Bonchev–Trinajstić information content (AvgIpc) is 2.87. The van der Waals surface area contributed by atoms with Crippen LogP contribution in [0, 0.1) is 5.92 Å². The minimum Gasteiger partial charge on any atom is -0.363 e. The van der Waals surface area contributed by atoms with E-state index in [1.54, 1.807) is 0 Å². The van der Waals surface area contributed by atoms with E-state index in [1.165, 1.54) is 12.1 Å². The van der Waals surface area contributed by atoms with Crippen LogP contribution in [0.4, 0.5) is 5.69 Å². The van der Waals surface area contributed by atoms with E-state index in [0.717, 1.165) is 13.1 Å². The van der Waals surface area contributed by atoms with Gasteiger partial charge in [0, 0.05) is 37.4 Å². The SMILES string of the molecule is CCC1CNC(C(C)C)CN1c1cnn(C(C)C)c1. The molecule has 0 spiro atoms. The summed E-state index contributed by atoms with van der Waals surface area (Å²) in [5.41, 5.74) is 1.27. The van der Waals surface area contributed by atoms with Gasteiger partial charge in [-0.1, -0.05) is 20.8 Å². The van der Waals surface area contributed by atoms with Crippen molar-refractivity contribution in [1.29, 1.82) is 0 Å². The molecule has 1 fully saturated rings. The van der Waals surface area contributed by atoms with E-state index in [9.17, 15) is 0 Å². The Balaban J connectivity index is 2.17. The van der Waals surface area contributed by atoms with Gasteiger partial charge in [-0.2, -0.15) is 5.10 Å². The van der Waals surface area contributed by atoms with Crippen LogP contribution in [0.25, 0.3) is 0 Å². The molecule has 1 aromatic heterocycles. The summed E-state index contributed by atoms with van der Waals surface area (Å²) in [4.78, 5) is 2.53. The Morgan fingerprint density at radius 1 is 1.37 bits per heavy atom. The van der Waals surface area contributed by atoms with Crippen LogP contribution in [0.3, 0.4) is 0 Å². The molecule has 0 amide bonds. The third kappa shape index (κ3) is 3.11. The number of piperazine rings is 1. The summed E-state index contributed by atoms with van der Waals surface area (Å²) in [5.74, 6) is 0.667. The van der Waals surface area contributed by atoms with Crippen molar-refractivity contribution < 1.29 is 0 Å². The van der Waals surface area contributed by atoms with Crippen molar-refractivity contribution in [3.05, 3.63) is 12.4 Å². The molecule has 1 saturated heterocycles. The number of nitrogens with zero attached hydrogens (tertiary/aromatic N) is 3. The molecular formula is C15H28N4. The van der Waals surface area contributed by atoms with Gasteiger partial charge in [-0.15, -0.1) is 0 Å². The predicted molar refractivity (Wildman–Crippen MR) is 80.7 cm³/mol. The molecule has 1 aromatic rings. The molecule has 0 radical (unpaired) electrons. The largest absolute Gasteiger partial charge is 0.363 e. The Morgan fingerprint density at radius 2 is 2.11 bits per heavy atom. The summed E-state index contributed by atoms with van der Waals surface area (Å²) in [7, 11) is 0. The number of rotatable bonds is 4. The van der Waals surface area contributed by atoms with Crippen LogP contribution in [0.15, 0.2) is 12.4 Å². The first kappa shape index (κ1) is 14.4. The van der Waals surface area contributed by atoms with Crippen LogP contribution in [0.1, 0.15) is 47.1 Å². The molecule has 1 aliphatic heterocycles. The summed E-state index contributed by atoms with van der Waals surface area (Å²) in [5, 5.41) is 8.16. The lowest BCUT2D eigenvalue weighted by molar-refractivity contribution is 0.325. The molecular weight excluding hydrogens is 236 g/mol. The molecule has 0 aromatic carbocycles. The van der Waals surface area contributed by atoms with Crippen LogP contribution in [-0.2, 0) is 0 Å². The van der Waals surface area contributed by atoms with Crippen molar-refractivity contribution in [3.63, 3.8) is 0 Å². The standard InChI is InChI=1S/C15H28N4/c1-6-13-7-16-15(11(2)3)10-18(13)14-8-17-19(9-14)12(4)5/h8-9,11-13,15-16H,6-7,10H2,1-5H3. The minimum absolute atomic E-state index is 0.428. The Bertz CT molecular complexity index is 397. The first-order valence-corrected chi connectivity index (χ1v) is 7.57. The molecule has 0 aliphatic carbocycles. The van der Waals surface area contributed by atoms with Gasteiger partial charge in [0.2, 0.25) is 0 Å². The van der Waals surface area contributed by atoms with Crippen LogP contribution in [0.5, 0.6) is 0 Å². The summed E-state index contributed by atoms with van der Waals surface area (Å²) in [6.07, 6.45) is 5.38. The summed E-state index contributed by atoms with van der Waals surface area (Å²) in [6.45, 7) is 13.3. The van der Waals surface area contributed by atoms with Crippen molar-refractivity contribution in [2.45, 2.75) is 59.2 Å². The Kier molecular flexibility index (Phi) is 4.50. The molecule has 108 valence electrons. The highest BCUT2D eigenvalue weighted by molar-refractivity contribution is 5.45. The second-order valence-corrected chi connectivity index (χ2v) is 6.25. The van der Waals surface area contributed by atoms with Crippen molar-refractivity contribution >= 4 is 5.69 Å². The molecule has 2 heterocycles. The van der Waals surface area contributed by atoms with E-state index in [1.807, 2.05) is 6.20 Å². The monoisotopic (exact) mass is 264 g/mol. The number of hydrogen-bond donors (Lipinski definition) is 1. The van der Waals surface area contributed by atoms with Crippen molar-refractivity contribution in [3.8, 4) is 0 Å². The van der Waals surface area contributed by atoms with Gasteiger partial charge in [0.15, 0.2) is 0 Å². The zero-order chi connectivity index (χ0) is 14.0. The molecule has 1 aliphatic rings. The minimum atomic E-state index is 0.428. The second kappa shape index (κ2) is 5.95. The maximum Gasteiger partial charge on any atom is 0.0756 e. The molecule has 2 unspecified atom stereocenters. The van der Waals surface area contributed by atoms with E-state index in [4.69, 9.17) is 0 Å². The maximum atomic E-state index is 4.48. The summed E-state index contributed by atoms with van der Waals surface area (Å²) >= 11 is 0. The normalized spacial score (nSPS) is 24.5. The van der Waals surface area contributed by atoms with E-state index in [0.29, 0.717) is 24.0 Å². The fraction of sp³-hybridized carbons (Fsp3) is 0.800. The Labute approximate surface area is 117 Å². The topological polar surface area (TPSA) is 33.1 Å². The van der Waals surface area contributed by atoms with Gasteiger partial charge < -0.3 is 10.2 Å². The zero-order valence-electron chi connectivity index (χ0n) is 12.9. The number of aromatic nitrogens is 2. The van der Waals surface area contributed by atoms with E-state index >= 15 is 0 Å². The molecule has 4 heteroatoms. The molecule has 19 heavy (non-hydrogen) atoms. The number of anilines is 1. The predicted octanol–water partition coefficient (Wildman–Crippen LogP) is 2.68. The van der Waals surface area contributed by atoms with Gasteiger partial charge in [-0.05, 0) is 26.2 Å². The third-order valence-corrected chi connectivity index (χ3v) is 4.17. The Hall–Kier alpha value is -1.03. The lowest BCUT2D eigenvalue weighted by atomic mass is 9.98.